The molecule has 28 heavy (non-hydrogen) atoms. The van der Waals surface area contributed by atoms with E-state index >= 15 is 0 Å². The number of nitrogens with zero attached hydrogens (tertiary/aromatic N) is 2. The van der Waals surface area contributed by atoms with Crippen LogP contribution in [0.3, 0.4) is 0 Å². The maximum atomic E-state index is 12.2. The van der Waals surface area contributed by atoms with Gasteiger partial charge in [0.15, 0.2) is 11.5 Å². The number of carbonyl (C=O) groups is 2. The minimum atomic E-state index is -0.546. The Labute approximate surface area is 160 Å². The van der Waals surface area contributed by atoms with Crippen LogP contribution in [0.1, 0.15) is 32.0 Å². The van der Waals surface area contributed by atoms with Gasteiger partial charge in [-0.3, -0.25) is 9.78 Å². The van der Waals surface area contributed by atoms with Crippen LogP contribution >= 0.6 is 0 Å². The fourth-order valence-corrected chi connectivity index (χ4v) is 2.34. The molecular weight excluding hydrogens is 362 g/mol. The number of aromatic nitrogens is 1. The maximum absolute atomic E-state index is 12.2. The van der Waals surface area contributed by atoms with Gasteiger partial charge in [0.25, 0.3) is 5.91 Å². The lowest BCUT2D eigenvalue weighted by Gasteiger charge is -2.09. The van der Waals surface area contributed by atoms with Crippen LogP contribution in [0.4, 0.5) is 0 Å². The zero-order chi connectivity index (χ0) is 19.9. The van der Waals surface area contributed by atoms with Crippen molar-refractivity contribution in [3.05, 3.63) is 77.5 Å². The van der Waals surface area contributed by atoms with E-state index in [0.29, 0.717) is 28.2 Å². The standard InChI is InChI=1S/C20H17N3O5/c1-13-16(7-9-27-13)19(24)23-22-11-14-5-6-17(18(10-14)26-2)28-20(25)15-4-3-8-21-12-15/h3-12H,1-2H3,(H,23,24)/b22-11-. The molecule has 0 saturated carbocycles. The van der Waals surface area contributed by atoms with E-state index < -0.39 is 5.97 Å². The Balaban J connectivity index is 1.68. The van der Waals surface area contributed by atoms with Gasteiger partial charge in [0.1, 0.15) is 5.76 Å². The molecule has 8 nitrogen and oxygen atoms in total. The highest BCUT2D eigenvalue weighted by molar-refractivity contribution is 5.95. The second-order valence-electron chi connectivity index (χ2n) is 5.63. The first-order valence-corrected chi connectivity index (χ1v) is 8.26. The van der Waals surface area contributed by atoms with E-state index in [2.05, 4.69) is 15.5 Å². The SMILES string of the molecule is COc1cc(/C=N\NC(=O)c2ccoc2C)ccc1OC(=O)c1cccnc1. The van der Waals surface area contributed by atoms with Gasteiger partial charge in [-0.1, -0.05) is 0 Å². The number of ether oxygens (including phenoxy) is 2. The summed E-state index contributed by atoms with van der Waals surface area (Å²) in [6, 6.07) is 9.70. The number of hydrogen-bond acceptors (Lipinski definition) is 7. The second-order valence-corrected chi connectivity index (χ2v) is 5.63. The lowest BCUT2D eigenvalue weighted by molar-refractivity contribution is 0.0729. The summed E-state index contributed by atoms with van der Waals surface area (Å²) in [4.78, 5) is 28.0. The number of rotatable bonds is 6. The molecule has 3 aromatic rings. The first-order chi connectivity index (χ1) is 13.6. The smallest absolute Gasteiger partial charge is 0.345 e. The molecule has 2 aromatic heterocycles. The molecule has 1 N–H and O–H groups in total. The van der Waals surface area contributed by atoms with Crippen LogP contribution in [0.25, 0.3) is 0 Å². The van der Waals surface area contributed by atoms with E-state index in [0.717, 1.165) is 0 Å². The molecule has 0 spiro atoms. The van der Waals surface area contributed by atoms with Crippen LogP contribution < -0.4 is 14.9 Å². The lowest BCUT2D eigenvalue weighted by Crippen LogP contribution is -2.17. The lowest BCUT2D eigenvalue weighted by atomic mass is 10.2. The van der Waals surface area contributed by atoms with E-state index in [1.807, 2.05) is 0 Å². The van der Waals surface area contributed by atoms with Gasteiger partial charge in [0, 0.05) is 12.4 Å². The Hall–Kier alpha value is -3.94. The minimum absolute atomic E-state index is 0.256. The van der Waals surface area contributed by atoms with Crippen molar-refractivity contribution in [1.82, 2.24) is 10.4 Å². The molecule has 0 radical (unpaired) electrons. The van der Waals surface area contributed by atoms with Gasteiger partial charge in [-0.05, 0) is 48.9 Å². The summed E-state index contributed by atoms with van der Waals surface area (Å²) >= 11 is 0. The highest BCUT2D eigenvalue weighted by atomic mass is 16.6. The monoisotopic (exact) mass is 379 g/mol. The van der Waals surface area contributed by atoms with E-state index in [4.69, 9.17) is 13.9 Å². The third kappa shape index (κ3) is 4.42. The molecule has 0 fully saturated rings. The fraction of sp³-hybridized carbons (Fsp3) is 0.100. The Morgan fingerprint density at radius 1 is 1.21 bits per heavy atom. The molecule has 0 aliphatic carbocycles. The molecule has 1 aromatic carbocycles. The quantitative estimate of drug-likeness (QED) is 0.306. The normalized spacial score (nSPS) is 10.6. The summed E-state index contributed by atoms with van der Waals surface area (Å²) in [5.41, 5.74) is 3.79. The largest absolute Gasteiger partial charge is 0.493 e. The topological polar surface area (TPSA) is 103 Å². The van der Waals surface area contributed by atoms with Crippen LogP contribution in [-0.2, 0) is 0 Å². The van der Waals surface area contributed by atoms with Crippen molar-refractivity contribution < 1.29 is 23.5 Å². The number of benzene rings is 1. The molecule has 0 bridgehead atoms. The molecule has 3 rings (SSSR count). The van der Waals surface area contributed by atoms with Crippen molar-refractivity contribution in [1.29, 1.82) is 0 Å². The number of nitrogens with one attached hydrogen (secondary N) is 1. The Morgan fingerprint density at radius 3 is 2.75 bits per heavy atom. The number of carbonyl (C=O) groups excluding carboxylic acids is 2. The average molecular weight is 379 g/mol. The Kier molecular flexibility index (Phi) is 5.81. The van der Waals surface area contributed by atoms with Crippen molar-refractivity contribution in [2.75, 3.05) is 7.11 Å². The maximum Gasteiger partial charge on any atom is 0.345 e. The number of amides is 1. The van der Waals surface area contributed by atoms with Crippen LogP contribution in [0.15, 0.2) is 64.6 Å². The van der Waals surface area contributed by atoms with Crippen LogP contribution in [0.2, 0.25) is 0 Å². The van der Waals surface area contributed by atoms with E-state index in [1.54, 1.807) is 49.5 Å². The predicted octanol–water partition coefficient (Wildman–Crippen LogP) is 2.97. The van der Waals surface area contributed by atoms with Crippen molar-refractivity contribution in [2.45, 2.75) is 6.92 Å². The third-order valence-corrected chi connectivity index (χ3v) is 3.77. The van der Waals surface area contributed by atoms with Crippen molar-refractivity contribution in [3.8, 4) is 11.5 Å². The first-order valence-electron chi connectivity index (χ1n) is 8.26. The Bertz CT molecular complexity index is 1010. The Morgan fingerprint density at radius 2 is 2.07 bits per heavy atom. The summed E-state index contributed by atoms with van der Waals surface area (Å²) in [6.07, 6.45) is 5.87. The van der Waals surface area contributed by atoms with Crippen LogP contribution in [0.5, 0.6) is 11.5 Å². The summed E-state index contributed by atoms with van der Waals surface area (Å²) in [7, 11) is 1.46. The van der Waals surface area contributed by atoms with Gasteiger partial charge < -0.3 is 13.9 Å². The summed E-state index contributed by atoms with van der Waals surface area (Å²) in [5, 5.41) is 3.91. The zero-order valence-electron chi connectivity index (χ0n) is 15.2. The summed E-state index contributed by atoms with van der Waals surface area (Å²) in [5.74, 6) is 0.186. The molecule has 0 aliphatic heterocycles. The fourth-order valence-electron chi connectivity index (χ4n) is 2.34. The van der Waals surface area contributed by atoms with E-state index in [9.17, 15) is 9.59 Å². The van der Waals surface area contributed by atoms with Crippen LogP contribution in [0, 0.1) is 6.92 Å². The van der Waals surface area contributed by atoms with Crippen LogP contribution in [-0.4, -0.2) is 30.2 Å². The number of methoxy groups -OCH3 is 1. The molecule has 0 aliphatic rings. The highest BCUT2D eigenvalue weighted by Crippen LogP contribution is 2.28. The van der Waals surface area contributed by atoms with Crippen molar-refractivity contribution in [3.63, 3.8) is 0 Å². The number of pyridine rings is 1. The molecule has 2 heterocycles. The number of hydrazone groups is 1. The van der Waals surface area contributed by atoms with Gasteiger partial charge in [0.2, 0.25) is 0 Å². The highest BCUT2D eigenvalue weighted by Gasteiger charge is 2.13. The predicted molar refractivity (Wildman–Crippen MR) is 101 cm³/mol. The number of furan rings is 1. The summed E-state index contributed by atoms with van der Waals surface area (Å²) in [6.45, 7) is 1.69. The molecule has 142 valence electrons. The molecule has 0 atom stereocenters. The third-order valence-electron chi connectivity index (χ3n) is 3.77. The number of hydrogen-bond donors (Lipinski definition) is 1. The molecular formula is C20H17N3O5. The molecule has 1 amide bonds. The molecule has 8 heteroatoms. The van der Waals surface area contributed by atoms with Gasteiger partial charge in [-0.25, -0.2) is 10.2 Å². The first kappa shape index (κ1) is 18.8. The number of esters is 1. The average Bonchev–Trinajstić information content (AvgIpc) is 3.15. The minimum Gasteiger partial charge on any atom is -0.493 e. The van der Waals surface area contributed by atoms with Gasteiger partial charge in [-0.2, -0.15) is 5.10 Å². The zero-order valence-corrected chi connectivity index (χ0v) is 15.2. The molecule has 0 saturated heterocycles. The van der Waals surface area contributed by atoms with Crippen molar-refractivity contribution in [2.24, 2.45) is 5.10 Å². The van der Waals surface area contributed by atoms with Gasteiger partial charge >= 0.3 is 5.97 Å². The van der Waals surface area contributed by atoms with Crippen molar-refractivity contribution >= 4 is 18.1 Å². The van der Waals surface area contributed by atoms with E-state index in [-0.39, 0.29) is 11.7 Å². The summed E-state index contributed by atoms with van der Waals surface area (Å²) < 4.78 is 15.7. The second kappa shape index (κ2) is 8.63. The van der Waals surface area contributed by atoms with Gasteiger partial charge in [0.05, 0.1) is 30.7 Å². The molecule has 0 unspecified atom stereocenters. The van der Waals surface area contributed by atoms with Gasteiger partial charge in [-0.15, -0.1) is 0 Å². The number of aryl methyl sites for hydroxylation is 1. The van der Waals surface area contributed by atoms with E-state index in [1.165, 1.54) is 25.8 Å².